The summed E-state index contributed by atoms with van der Waals surface area (Å²) in [7, 11) is 0. The Bertz CT molecular complexity index is 3570. The summed E-state index contributed by atoms with van der Waals surface area (Å²) in [4.78, 5) is 25.9. The van der Waals surface area contributed by atoms with Gasteiger partial charge >= 0.3 is 0 Å². The van der Waals surface area contributed by atoms with Crippen molar-refractivity contribution in [3.63, 3.8) is 0 Å². The Kier molecular flexibility index (Phi) is 9.08. The van der Waals surface area contributed by atoms with Crippen LogP contribution in [0.25, 0.3) is 122 Å². The van der Waals surface area contributed by atoms with Crippen LogP contribution in [-0.4, -0.2) is 24.9 Å². The smallest absolute Gasteiger partial charge is 0.164 e. The molecular weight excluding hydrogens is 779 g/mol. The largest absolute Gasteiger partial charge is 0.228 e. The molecule has 298 valence electrons. The lowest BCUT2D eigenvalue weighted by molar-refractivity contribution is 1.08. The fourth-order valence-corrected chi connectivity index (χ4v) is 9.13. The molecule has 0 atom stereocenters. The van der Waals surface area contributed by atoms with Crippen molar-refractivity contribution in [3.05, 3.63) is 224 Å². The molecule has 0 bridgehead atoms. The molecular formula is C59H37N5. The van der Waals surface area contributed by atoms with Gasteiger partial charge in [0.2, 0.25) is 0 Å². The molecule has 2 aromatic heterocycles. The van der Waals surface area contributed by atoms with E-state index in [0.717, 1.165) is 93.6 Å². The molecule has 0 saturated carbocycles. The van der Waals surface area contributed by atoms with E-state index in [1.807, 2.05) is 60.7 Å². The highest BCUT2D eigenvalue weighted by atomic mass is 15.0. The van der Waals surface area contributed by atoms with Gasteiger partial charge in [-0.05, 0) is 66.3 Å². The second-order valence-corrected chi connectivity index (χ2v) is 16.0. The monoisotopic (exact) mass is 815 g/mol. The minimum absolute atomic E-state index is 0.628. The number of hydrogen-bond donors (Lipinski definition) is 0. The summed E-state index contributed by atoms with van der Waals surface area (Å²) in [6, 6.07) is 78.3. The van der Waals surface area contributed by atoms with Crippen LogP contribution in [0, 0.1) is 0 Å². The molecule has 0 fully saturated rings. The number of fused-ring (bicyclic) bond motifs is 4. The number of benzene rings is 10. The summed E-state index contributed by atoms with van der Waals surface area (Å²) in [5, 5.41) is 9.00. The highest BCUT2D eigenvalue weighted by molar-refractivity contribution is 6.12. The molecule has 5 heteroatoms. The minimum atomic E-state index is 0.628. The van der Waals surface area contributed by atoms with E-state index in [-0.39, 0.29) is 0 Å². The van der Waals surface area contributed by atoms with Crippen LogP contribution in [0.1, 0.15) is 0 Å². The standard InChI is InChI=1S/C59H37N5/c1-3-19-40(20-4-1)56-62-57(41-21-5-2-6-22-41)64-59(63-56)53-36-34-49(45-28-12-14-30-47(45)53)48-33-35-51(46-29-13-11-27-44(46)48)55-37-54(50-31-15-23-38-17-7-9-25-42(38)50)60-58(61-55)52-32-16-24-39-18-8-10-26-43(39)52/h1-37H. The second-order valence-electron chi connectivity index (χ2n) is 16.0. The Morgan fingerprint density at radius 3 is 1.08 bits per heavy atom. The van der Waals surface area contributed by atoms with Crippen LogP contribution in [0.3, 0.4) is 0 Å². The Hall–Kier alpha value is -8.67. The summed E-state index contributed by atoms with van der Waals surface area (Å²) < 4.78 is 0. The Morgan fingerprint density at radius 2 is 0.531 bits per heavy atom. The van der Waals surface area contributed by atoms with Gasteiger partial charge in [0.05, 0.1) is 11.4 Å². The van der Waals surface area contributed by atoms with Gasteiger partial charge in [0, 0.05) is 33.4 Å². The Labute approximate surface area is 370 Å². The zero-order valence-corrected chi connectivity index (χ0v) is 34.6. The zero-order valence-electron chi connectivity index (χ0n) is 34.6. The maximum atomic E-state index is 5.41. The van der Waals surface area contributed by atoms with Crippen molar-refractivity contribution >= 4 is 43.1 Å². The quantitative estimate of drug-likeness (QED) is 0.160. The normalized spacial score (nSPS) is 11.4. The summed E-state index contributed by atoms with van der Waals surface area (Å²) in [5.41, 5.74) is 9.92. The second kappa shape index (κ2) is 15.7. The first-order valence-electron chi connectivity index (χ1n) is 21.5. The molecule has 10 aromatic carbocycles. The van der Waals surface area contributed by atoms with E-state index in [1.54, 1.807) is 0 Å². The van der Waals surface area contributed by atoms with Crippen molar-refractivity contribution in [1.29, 1.82) is 0 Å². The van der Waals surface area contributed by atoms with Crippen molar-refractivity contribution in [2.45, 2.75) is 0 Å². The van der Waals surface area contributed by atoms with Crippen molar-refractivity contribution in [1.82, 2.24) is 24.9 Å². The third kappa shape index (κ3) is 6.55. The fraction of sp³-hybridized carbons (Fsp3) is 0. The first-order chi connectivity index (χ1) is 31.7. The predicted octanol–water partition coefficient (Wildman–Crippen LogP) is 14.9. The minimum Gasteiger partial charge on any atom is -0.228 e. The number of hydrogen-bond acceptors (Lipinski definition) is 5. The van der Waals surface area contributed by atoms with Gasteiger partial charge in [-0.3, -0.25) is 0 Å². The van der Waals surface area contributed by atoms with E-state index in [2.05, 4.69) is 164 Å². The van der Waals surface area contributed by atoms with E-state index in [4.69, 9.17) is 24.9 Å². The van der Waals surface area contributed by atoms with Crippen LogP contribution in [0.5, 0.6) is 0 Å². The molecule has 0 aliphatic rings. The van der Waals surface area contributed by atoms with Gasteiger partial charge in [0.25, 0.3) is 0 Å². The van der Waals surface area contributed by atoms with Gasteiger partial charge in [-0.15, -0.1) is 0 Å². The lowest BCUT2D eigenvalue weighted by Crippen LogP contribution is -2.00. The van der Waals surface area contributed by atoms with Gasteiger partial charge in [-0.1, -0.05) is 212 Å². The van der Waals surface area contributed by atoms with Crippen molar-refractivity contribution in [2.75, 3.05) is 0 Å². The molecule has 12 rings (SSSR count). The third-order valence-corrected chi connectivity index (χ3v) is 12.2. The molecule has 12 aromatic rings. The van der Waals surface area contributed by atoms with Gasteiger partial charge in [0.1, 0.15) is 0 Å². The highest BCUT2D eigenvalue weighted by Crippen LogP contribution is 2.42. The molecule has 0 spiro atoms. The molecule has 0 aliphatic carbocycles. The molecule has 2 heterocycles. The average molecular weight is 816 g/mol. The van der Waals surface area contributed by atoms with E-state index < -0.39 is 0 Å². The van der Waals surface area contributed by atoms with Crippen LogP contribution in [0.4, 0.5) is 0 Å². The SMILES string of the molecule is c1ccc(-c2nc(-c3ccccc3)nc(-c3ccc(-c4ccc(-c5cc(-c6cccc7ccccc67)nc(-c6cccc7ccccc67)n5)c5ccccc45)c4ccccc34)n2)cc1. The zero-order chi connectivity index (χ0) is 42.4. The Morgan fingerprint density at radius 1 is 0.203 bits per heavy atom. The van der Waals surface area contributed by atoms with Gasteiger partial charge in [-0.25, -0.2) is 24.9 Å². The van der Waals surface area contributed by atoms with Crippen LogP contribution >= 0.6 is 0 Å². The van der Waals surface area contributed by atoms with Crippen LogP contribution in [0.2, 0.25) is 0 Å². The highest BCUT2D eigenvalue weighted by Gasteiger charge is 2.20. The molecule has 64 heavy (non-hydrogen) atoms. The van der Waals surface area contributed by atoms with Gasteiger partial charge in [-0.2, -0.15) is 0 Å². The van der Waals surface area contributed by atoms with Crippen LogP contribution in [0.15, 0.2) is 224 Å². The average Bonchev–Trinajstić information content (AvgIpc) is 3.38. The molecule has 0 saturated heterocycles. The third-order valence-electron chi connectivity index (χ3n) is 12.2. The summed E-state index contributed by atoms with van der Waals surface area (Å²) in [6.07, 6.45) is 0. The number of rotatable bonds is 7. The lowest BCUT2D eigenvalue weighted by Gasteiger charge is -2.17. The molecule has 5 nitrogen and oxygen atoms in total. The van der Waals surface area contributed by atoms with Crippen LogP contribution in [-0.2, 0) is 0 Å². The molecule has 0 aliphatic heterocycles. The van der Waals surface area contributed by atoms with E-state index in [1.165, 1.54) is 5.39 Å². The maximum Gasteiger partial charge on any atom is 0.164 e. The number of nitrogens with zero attached hydrogens (tertiary/aromatic N) is 5. The van der Waals surface area contributed by atoms with Crippen molar-refractivity contribution in [3.8, 4) is 79.2 Å². The van der Waals surface area contributed by atoms with Crippen molar-refractivity contribution < 1.29 is 0 Å². The fourth-order valence-electron chi connectivity index (χ4n) is 9.13. The van der Waals surface area contributed by atoms with Crippen molar-refractivity contribution in [2.24, 2.45) is 0 Å². The first kappa shape index (κ1) is 37.1. The van der Waals surface area contributed by atoms with E-state index in [9.17, 15) is 0 Å². The molecule has 0 unspecified atom stereocenters. The predicted molar refractivity (Wildman–Crippen MR) is 263 cm³/mol. The van der Waals surface area contributed by atoms with Crippen LogP contribution < -0.4 is 0 Å². The van der Waals surface area contributed by atoms with E-state index >= 15 is 0 Å². The maximum absolute atomic E-state index is 5.41. The topological polar surface area (TPSA) is 64.5 Å². The lowest BCUT2D eigenvalue weighted by atomic mass is 9.89. The molecule has 0 amide bonds. The Balaban J connectivity index is 1.04. The molecule has 0 radical (unpaired) electrons. The van der Waals surface area contributed by atoms with Gasteiger partial charge < -0.3 is 0 Å². The number of aromatic nitrogens is 5. The summed E-state index contributed by atoms with van der Waals surface area (Å²) in [6.45, 7) is 0. The van der Waals surface area contributed by atoms with E-state index in [0.29, 0.717) is 23.3 Å². The summed E-state index contributed by atoms with van der Waals surface area (Å²) in [5.74, 6) is 2.59. The first-order valence-corrected chi connectivity index (χ1v) is 21.5. The molecule has 0 N–H and O–H groups in total. The summed E-state index contributed by atoms with van der Waals surface area (Å²) >= 11 is 0. The van der Waals surface area contributed by atoms with Gasteiger partial charge in [0.15, 0.2) is 23.3 Å².